The minimum atomic E-state index is -2.11. The van der Waals surface area contributed by atoms with Crippen LogP contribution in [0.15, 0.2) is 11.6 Å². The number of aliphatic hydroxyl groups excluding tert-OH is 2. The van der Waals surface area contributed by atoms with Gasteiger partial charge in [-0.15, -0.1) is 0 Å². The molecule has 0 spiro atoms. The zero-order valence-corrected chi connectivity index (χ0v) is 20.4. The number of ketones is 2. The molecule has 8 nitrogen and oxygen atoms in total. The second-order valence-corrected chi connectivity index (χ2v) is 10.9. The number of ether oxygens (including phenoxy) is 3. The van der Waals surface area contributed by atoms with E-state index in [2.05, 4.69) is 0 Å². The third-order valence-electron chi connectivity index (χ3n) is 9.76. The first-order valence-electron chi connectivity index (χ1n) is 12.1. The van der Waals surface area contributed by atoms with Crippen molar-refractivity contribution in [3.05, 3.63) is 11.6 Å². The normalized spacial score (nSPS) is 46.0. The second-order valence-electron chi connectivity index (χ2n) is 10.9. The number of allylic oxidation sites excluding steroid dienone is 1. The zero-order valence-electron chi connectivity index (χ0n) is 20.4. The summed E-state index contributed by atoms with van der Waals surface area (Å²) in [6, 6.07) is 0. The zero-order chi connectivity index (χ0) is 25.1. The molecular formula is C25H37FO8. The van der Waals surface area contributed by atoms with Gasteiger partial charge in [0.2, 0.25) is 0 Å². The minimum Gasteiger partial charge on any atom is -0.390 e. The lowest BCUT2D eigenvalue weighted by Gasteiger charge is -2.63. The number of halogens is 1. The number of carbonyl (C=O) groups excluding carboxylic acids is 2. The van der Waals surface area contributed by atoms with Gasteiger partial charge in [-0.05, 0) is 44.1 Å². The summed E-state index contributed by atoms with van der Waals surface area (Å²) in [5.41, 5.74) is -5.60. The molecule has 0 aromatic carbocycles. The predicted octanol–water partition coefficient (Wildman–Crippen LogP) is 1.49. The van der Waals surface area contributed by atoms with E-state index < -0.39 is 64.8 Å². The van der Waals surface area contributed by atoms with Crippen molar-refractivity contribution in [1.29, 1.82) is 0 Å². The molecule has 0 saturated heterocycles. The summed E-state index contributed by atoms with van der Waals surface area (Å²) < 4.78 is 33.5. The second kappa shape index (κ2) is 8.71. The van der Waals surface area contributed by atoms with Gasteiger partial charge < -0.3 is 29.5 Å². The topological polar surface area (TPSA) is 123 Å². The Morgan fingerprint density at radius 2 is 1.91 bits per heavy atom. The standard InChI is InChI=1S/C25H37FO8/c1-22-8-7-15(28)9-14(22)5-6-16-17-10-20(34-13-21(32-3)33-4)25(31,19(30)12-27)23(17,2)11-18(29)24(16,22)26/h9,16-18,20-21,27,29,31H,5-8,10-13H2,1-4H3/t16-,17-,18?,20?,22-,23-,24-,25+/m0/s1. The molecule has 8 atom stereocenters. The Morgan fingerprint density at radius 3 is 2.53 bits per heavy atom. The van der Waals surface area contributed by atoms with Gasteiger partial charge in [-0.25, -0.2) is 4.39 Å². The lowest BCUT2D eigenvalue weighted by Crippen LogP contribution is -2.70. The first-order valence-corrected chi connectivity index (χ1v) is 12.1. The quantitative estimate of drug-likeness (QED) is 0.465. The Bertz CT molecular complexity index is 873. The van der Waals surface area contributed by atoms with E-state index >= 15 is 4.39 Å². The molecule has 0 heterocycles. The Morgan fingerprint density at radius 1 is 1.24 bits per heavy atom. The molecule has 2 unspecified atom stereocenters. The lowest BCUT2D eigenvalue weighted by atomic mass is 9.44. The van der Waals surface area contributed by atoms with Gasteiger partial charge in [0, 0.05) is 37.4 Å². The molecular weight excluding hydrogens is 447 g/mol. The van der Waals surface area contributed by atoms with Crippen LogP contribution in [-0.2, 0) is 23.8 Å². The van der Waals surface area contributed by atoms with Gasteiger partial charge >= 0.3 is 0 Å². The molecule has 0 bridgehead atoms. The molecule has 3 N–H and O–H groups in total. The fourth-order valence-corrected chi connectivity index (χ4v) is 7.80. The Balaban J connectivity index is 1.75. The number of fused-ring (bicyclic) bond motifs is 5. The number of rotatable bonds is 7. The van der Waals surface area contributed by atoms with Gasteiger partial charge in [-0.1, -0.05) is 19.4 Å². The first-order chi connectivity index (χ1) is 15.9. The van der Waals surface area contributed by atoms with Gasteiger partial charge in [-0.2, -0.15) is 0 Å². The molecule has 9 heteroatoms. The van der Waals surface area contributed by atoms with Gasteiger partial charge in [0.25, 0.3) is 0 Å². The SMILES string of the molecule is COC(COC1C[C@H]2[C@@H]3CCC4=CC(=O)CC[C@]4(C)[C@@]3(F)C(O)C[C@]2(C)[C@@]1(O)C(=O)CO)OC. The third-order valence-corrected chi connectivity index (χ3v) is 9.76. The molecule has 0 amide bonds. The van der Waals surface area contributed by atoms with Gasteiger partial charge in [-0.3, -0.25) is 9.59 Å². The number of hydrogen-bond acceptors (Lipinski definition) is 8. The molecule has 0 aliphatic heterocycles. The number of alkyl halides is 1. The highest BCUT2D eigenvalue weighted by Crippen LogP contribution is 2.70. The Kier molecular flexibility index (Phi) is 6.62. The maximum absolute atomic E-state index is 17.3. The van der Waals surface area contributed by atoms with Crippen LogP contribution in [0.1, 0.15) is 52.4 Å². The van der Waals surface area contributed by atoms with Crippen molar-refractivity contribution in [2.45, 2.75) is 82.1 Å². The molecule has 0 aromatic heterocycles. The van der Waals surface area contributed by atoms with E-state index in [1.807, 2.05) is 0 Å². The maximum Gasteiger partial charge on any atom is 0.192 e. The van der Waals surface area contributed by atoms with Crippen LogP contribution in [0.5, 0.6) is 0 Å². The molecule has 3 fully saturated rings. The molecule has 4 aliphatic rings. The average molecular weight is 485 g/mol. The van der Waals surface area contributed by atoms with Gasteiger partial charge in [0.1, 0.15) is 12.3 Å². The highest BCUT2D eigenvalue weighted by atomic mass is 19.1. The van der Waals surface area contributed by atoms with E-state index in [1.54, 1.807) is 19.9 Å². The summed E-state index contributed by atoms with van der Waals surface area (Å²) in [4.78, 5) is 25.1. The fraction of sp³-hybridized carbons (Fsp3) is 0.840. The van der Waals surface area contributed by atoms with Gasteiger partial charge in [0.05, 0.1) is 18.8 Å². The summed E-state index contributed by atoms with van der Waals surface area (Å²) in [6.45, 7) is 2.52. The minimum absolute atomic E-state index is 0.0206. The third kappa shape index (κ3) is 3.24. The number of Topliss-reactive ketones (excluding diaryl/α,β-unsaturated/α-hetero) is 1. The van der Waals surface area contributed by atoms with Crippen LogP contribution in [0, 0.1) is 22.7 Å². The highest BCUT2D eigenvalue weighted by Gasteiger charge is 2.76. The van der Waals surface area contributed by atoms with E-state index in [-0.39, 0.29) is 31.7 Å². The molecule has 0 radical (unpaired) electrons. The van der Waals surface area contributed by atoms with Crippen LogP contribution in [0.3, 0.4) is 0 Å². The van der Waals surface area contributed by atoms with Gasteiger partial charge in [0.15, 0.2) is 23.5 Å². The van der Waals surface area contributed by atoms with Crippen LogP contribution in [0.4, 0.5) is 4.39 Å². The predicted molar refractivity (Wildman–Crippen MR) is 118 cm³/mol. The van der Waals surface area contributed by atoms with Crippen LogP contribution in [-0.4, -0.2) is 84.1 Å². The summed E-state index contributed by atoms with van der Waals surface area (Å²) in [7, 11) is 2.88. The van der Waals surface area contributed by atoms with E-state index in [0.717, 1.165) is 5.57 Å². The number of aliphatic hydroxyl groups is 3. The van der Waals surface area contributed by atoms with Crippen molar-refractivity contribution >= 4 is 11.6 Å². The highest BCUT2D eigenvalue weighted by molar-refractivity contribution is 5.92. The van der Waals surface area contributed by atoms with Crippen LogP contribution < -0.4 is 0 Å². The van der Waals surface area contributed by atoms with E-state index in [9.17, 15) is 24.9 Å². The molecule has 3 saturated carbocycles. The van der Waals surface area contributed by atoms with Crippen LogP contribution >= 0.6 is 0 Å². The van der Waals surface area contributed by atoms with Crippen molar-refractivity contribution in [3.8, 4) is 0 Å². The number of hydrogen-bond donors (Lipinski definition) is 3. The molecule has 4 rings (SSSR count). The summed E-state index contributed by atoms with van der Waals surface area (Å²) in [5.74, 6) is -1.96. The largest absolute Gasteiger partial charge is 0.390 e. The average Bonchev–Trinajstić information content (AvgIpc) is 3.03. The fourth-order valence-electron chi connectivity index (χ4n) is 7.80. The maximum atomic E-state index is 17.3. The monoisotopic (exact) mass is 484 g/mol. The summed E-state index contributed by atoms with van der Waals surface area (Å²) in [6.07, 6.45) is -0.194. The van der Waals surface area contributed by atoms with Crippen molar-refractivity contribution in [3.63, 3.8) is 0 Å². The molecule has 192 valence electrons. The van der Waals surface area contributed by atoms with Crippen molar-refractivity contribution in [1.82, 2.24) is 0 Å². The molecule has 34 heavy (non-hydrogen) atoms. The lowest BCUT2D eigenvalue weighted by molar-refractivity contribution is -0.234. The number of carbonyl (C=O) groups is 2. The Labute approximate surface area is 199 Å². The van der Waals surface area contributed by atoms with Crippen LogP contribution in [0.2, 0.25) is 0 Å². The van der Waals surface area contributed by atoms with Crippen molar-refractivity contribution in [2.75, 3.05) is 27.4 Å². The van der Waals surface area contributed by atoms with Crippen molar-refractivity contribution in [2.24, 2.45) is 22.7 Å². The smallest absolute Gasteiger partial charge is 0.192 e. The summed E-state index contributed by atoms with van der Waals surface area (Å²) in [5, 5.41) is 32.9. The van der Waals surface area contributed by atoms with Crippen LogP contribution in [0.25, 0.3) is 0 Å². The van der Waals surface area contributed by atoms with E-state index in [4.69, 9.17) is 14.2 Å². The summed E-state index contributed by atoms with van der Waals surface area (Å²) >= 11 is 0. The number of methoxy groups -OCH3 is 2. The first kappa shape index (κ1) is 25.9. The molecule has 0 aromatic rings. The van der Waals surface area contributed by atoms with E-state index in [1.165, 1.54) is 14.2 Å². The van der Waals surface area contributed by atoms with Crippen molar-refractivity contribution < 1.29 is 43.5 Å². The van der Waals surface area contributed by atoms with E-state index in [0.29, 0.717) is 19.3 Å². The molecule has 4 aliphatic carbocycles. The Hall–Kier alpha value is -1.23.